The van der Waals surface area contributed by atoms with E-state index in [0.29, 0.717) is 24.3 Å². The van der Waals surface area contributed by atoms with Gasteiger partial charge in [0.05, 0.1) is 18.3 Å². The third-order valence-corrected chi connectivity index (χ3v) is 7.05. The summed E-state index contributed by atoms with van der Waals surface area (Å²) >= 11 is 0. The van der Waals surface area contributed by atoms with Gasteiger partial charge in [-0.1, -0.05) is 54.6 Å². The molecule has 2 atom stereocenters. The highest BCUT2D eigenvalue weighted by Gasteiger charge is 2.31. The minimum Gasteiger partial charge on any atom is -0.530 e. The molecular formula is C32H29FNO6-. The van der Waals surface area contributed by atoms with E-state index in [1.54, 1.807) is 36.4 Å². The largest absolute Gasteiger partial charge is 0.530 e. The van der Waals surface area contributed by atoms with Gasteiger partial charge in [0, 0.05) is 24.4 Å². The Morgan fingerprint density at radius 2 is 1.68 bits per heavy atom. The fraction of sp³-hybridized carbons (Fsp3) is 0.250. The number of carbonyl (C=O) groups excluding carboxylic acids is 2. The molecule has 1 amide bonds. The number of ether oxygens (including phenoxy) is 3. The second-order valence-electron chi connectivity index (χ2n) is 9.67. The first-order valence-electron chi connectivity index (χ1n) is 13.2. The molecule has 7 nitrogen and oxygen atoms in total. The number of hydrogen-bond donors (Lipinski definition) is 0. The van der Waals surface area contributed by atoms with Crippen LogP contribution in [0.5, 0.6) is 5.75 Å². The molecule has 1 aliphatic rings. The van der Waals surface area contributed by atoms with Crippen LogP contribution in [0, 0.1) is 5.82 Å². The number of hydrogen-bond acceptors (Lipinski definition) is 6. The van der Waals surface area contributed by atoms with Gasteiger partial charge in [0.1, 0.15) is 30.9 Å². The number of carboxylic acid groups (broad SMARTS) is 1. The molecule has 4 aromatic carbocycles. The van der Waals surface area contributed by atoms with E-state index in [1.807, 2.05) is 42.5 Å². The van der Waals surface area contributed by atoms with Crippen LogP contribution in [0.2, 0.25) is 0 Å². The van der Waals surface area contributed by atoms with Crippen molar-refractivity contribution in [1.82, 2.24) is 4.90 Å². The third kappa shape index (κ3) is 6.58. The lowest BCUT2D eigenvalue weighted by Crippen LogP contribution is -2.51. The summed E-state index contributed by atoms with van der Waals surface area (Å²) in [6, 6.07) is 26.7. The van der Waals surface area contributed by atoms with Crippen LogP contribution in [0.25, 0.3) is 10.8 Å². The summed E-state index contributed by atoms with van der Waals surface area (Å²) in [7, 11) is 0. The molecule has 0 aromatic heterocycles. The van der Waals surface area contributed by atoms with Gasteiger partial charge in [-0.2, -0.15) is 0 Å². The molecule has 1 saturated heterocycles. The highest BCUT2D eigenvalue weighted by molar-refractivity contribution is 5.89. The molecule has 4 aromatic rings. The van der Waals surface area contributed by atoms with Gasteiger partial charge in [-0.15, -0.1) is 0 Å². The predicted octanol–water partition coefficient (Wildman–Crippen LogP) is 4.93. The van der Waals surface area contributed by atoms with Crippen molar-refractivity contribution in [1.29, 1.82) is 0 Å². The summed E-state index contributed by atoms with van der Waals surface area (Å²) in [5, 5.41) is 13.4. The first-order valence-corrected chi connectivity index (χ1v) is 13.2. The van der Waals surface area contributed by atoms with E-state index < -0.39 is 18.2 Å². The second kappa shape index (κ2) is 12.6. The highest BCUT2D eigenvalue weighted by atomic mass is 19.1. The molecule has 0 saturated carbocycles. The number of esters is 1. The quantitative estimate of drug-likeness (QED) is 0.220. The van der Waals surface area contributed by atoms with Gasteiger partial charge in [-0.05, 0) is 59.3 Å². The van der Waals surface area contributed by atoms with Crippen LogP contribution in [-0.4, -0.2) is 49.4 Å². The van der Waals surface area contributed by atoms with Crippen molar-refractivity contribution in [3.05, 3.63) is 114 Å². The number of fused-ring (bicyclic) bond motifs is 1. The average Bonchev–Trinajstić information content (AvgIpc) is 2.98. The molecule has 0 aliphatic carbocycles. The molecule has 5 rings (SSSR count). The summed E-state index contributed by atoms with van der Waals surface area (Å²) in [6.45, 7) is 0.959. The number of nitrogens with zero attached hydrogens (tertiary/aromatic N) is 1. The minimum absolute atomic E-state index is 0.0866. The molecule has 8 heteroatoms. The zero-order chi connectivity index (χ0) is 27.9. The fourth-order valence-electron chi connectivity index (χ4n) is 5.03. The number of halogens is 1. The van der Waals surface area contributed by atoms with E-state index in [1.165, 1.54) is 17.0 Å². The van der Waals surface area contributed by atoms with Crippen molar-refractivity contribution >= 4 is 22.8 Å². The molecule has 1 heterocycles. The van der Waals surface area contributed by atoms with Crippen molar-refractivity contribution in [3.8, 4) is 5.75 Å². The lowest BCUT2D eigenvalue weighted by atomic mass is 9.87. The molecule has 206 valence electrons. The summed E-state index contributed by atoms with van der Waals surface area (Å²) in [6.07, 6.45) is -1.14. The van der Waals surface area contributed by atoms with Crippen molar-refractivity contribution in [2.45, 2.75) is 25.0 Å². The number of amides is 1. The lowest BCUT2D eigenvalue weighted by molar-refractivity contribution is -0.268. The van der Waals surface area contributed by atoms with E-state index in [2.05, 4.69) is 0 Å². The Kier molecular flexibility index (Phi) is 8.56. The first kappa shape index (κ1) is 27.1. The van der Waals surface area contributed by atoms with Gasteiger partial charge in [0.2, 0.25) is 0 Å². The van der Waals surface area contributed by atoms with Gasteiger partial charge >= 0.3 is 5.97 Å². The van der Waals surface area contributed by atoms with Crippen molar-refractivity contribution < 1.29 is 33.3 Å². The molecule has 1 aliphatic heterocycles. The zero-order valence-corrected chi connectivity index (χ0v) is 21.8. The standard InChI is InChI=1S/C32H30FNO6/c33-26-12-10-23(11-13-26)28-14-15-34(32(36)37)20-30(28)40-21-22-18-25-8-4-5-9-27(25)29(19-22)38-16-17-39-31(35)24-6-2-1-3-7-24/h1-13,18-19,28,30H,14-17,20-21H2,(H,36,37)/p-1. The van der Waals surface area contributed by atoms with Gasteiger partial charge in [0.25, 0.3) is 0 Å². The van der Waals surface area contributed by atoms with Crippen LogP contribution in [0.1, 0.15) is 33.8 Å². The maximum Gasteiger partial charge on any atom is 0.338 e. The second-order valence-corrected chi connectivity index (χ2v) is 9.67. The average molecular weight is 543 g/mol. The Morgan fingerprint density at radius 3 is 2.45 bits per heavy atom. The zero-order valence-electron chi connectivity index (χ0n) is 21.8. The van der Waals surface area contributed by atoms with Gasteiger partial charge in [0.15, 0.2) is 0 Å². The van der Waals surface area contributed by atoms with Gasteiger partial charge < -0.3 is 29.0 Å². The summed E-state index contributed by atoms with van der Waals surface area (Å²) in [5.74, 6) is -0.203. The first-order chi connectivity index (χ1) is 19.5. The predicted molar refractivity (Wildman–Crippen MR) is 145 cm³/mol. The van der Waals surface area contributed by atoms with E-state index in [0.717, 1.165) is 21.9 Å². The molecule has 1 fully saturated rings. The SMILES string of the molecule is O=C(OCCOc1cc(COC2CN(C(=O)[O-])CCC2c2ccc(F)cc2)cc2ccccc12)c1ccccc1. The highest BCUT2D eigenvalue weighted by Crippen LogP contribution is 2.33. The molecule has 0 bridgehead atoms. The maximum atomic E-state index is 13.5. The van der Waals surface area contributed by atoms with Gasteiger partial charge in [-0.25, -0.2) is 9.18 Å². The van der Waals surface area contributed by atoms with Crippen molar-refractivity contribution in [3.63, 3.8) is 0 Å². The number of likely N-dealkylation sites (tertiary alicyclic amines) is 1. The molecule has 2 unspecified atom stereocenters. The Labute approximate surface area is 231 Å². The van der Waals surface area contributed by atoms with Crippen LogP contribution in [0.3, 0.4) is 0 Å². The molecule has 0 radical (unpaired) electrons. The smallest absolute Gasteiger partial charge is 0.338 e. The number of rotatable bonds is 9. The van der Waals surface area contributed by atoms with Crippen LogP contribution >= 0.6 is 0 Å². The van der Waals surface area contributed by atoms with E-state index in [-0.39, 0.29) is 38.1 Å². The van der Waals surface area contributed by atoms with Crippen LogP contribution in [-0.2, 0) is 16.1 Å². The normalized spacial score (nSPS) is 17.0. The maximum absolute atomic E-state index is 13.5. The van der Waals surface area contributed by atoms with E-state index in [4.69, 9.17) is 14.2 Å². The van der Waals surface area contributed by atoms with Gasteiger partial charge in [-0.3, -0.25) is 0 Å². The summed E-state index contributed by atoms with van der Waals surface area (Å²) < 4.78 is 31.2. The fourth-order valence-corrected chi connectivity index (χ4v) is 5.03. The Hall–Kier alpha value is -4.43. The van der Waals surface area contributed by atoms with E-state index >= 15 is 0 Å². The van der Waals surface area contributed by atoms with E-state index in [9.17, 15) is 19.1 Å². The number of benzene rings is 4. The topological polar surface area (TPSA) is 88.1 Å². The Morgan fingerprint density at radius 1 is 0.925 bits per heavy atom. The molecule has 40 heavy (non-hydrogen) atoms. The lowest BCUT2D eigenvalue weighted by Gasteiger charge is -2.40. The van der Waals surface area contributed by atoms with Crippen LogP contribution in [0.4, 0.5) is 9.18 Å². The number of piperidine rings is 1. The molecular weight excluding hydrogens is 513 g/mol. The molecule has 0 spiro atoms. The van der Waals surface area contributed by atoms with Crippen molar-refractivity contribution in [2.75, 3.05) is 26.3 Å². The molecule has 0 N–H and O–H groups in total. The van der Waals surface area contributed by atoms with Crippen LogP contribution < -0.4 is 9.84 Å². The number of carbonyl (C=O) groups is 2. The Bertz CT molecular complexity index is 1460. The third-order valence-electron chi connectivity index (χ3n) is 7.05. The Balaban J connectivity index is 1.28. The minimum atomic E-state index is -1.24. The van der Waals surface area contributed by atoms with Crippen LogP contribution in [0.15, 0.2) is 91.0 Å². The monoisotopic (exact) mass is 542 g/mol. The summed E-state index contributed by atoms with van der Waals surface area (Å²) in [4.78, 5) is 25.0. The van der Waals surface area contributed by atoms with Crippen molar-refractivity contribution in [2.24, 2.45) is 0 Å². The summed E-state index contributed by atoms with van der Waals surface area (Å²) in [5.41, 5.74) is 2.22.